The van der Waals surface area contributed by atoms with Crippen molar-refractivity contribution in [3.63, 3.8) is 0 Å². The minimum absolute atomic E-state index is 0.358. The second kappa shape index (κ2) is 6.78. The molecule has 2 aromatic heterocycles. The van der Waals surface area contributed by atoms with E-state index in [1.807, 2.05) is 12.3 Å². The van der Waals surface area contributed by atoms with Gasteiger partial charge in [0, 0.05) is 36.0 Å². The molecule has 0 saturated heterocycles. The van der Waals surface area contributed by atoms with Gasteiger partial charge in [-0.3, -0.25) is 0 Å². The summed E-state index contributed by atoms with van der Waals surface area (Å²) in [6.45, 7) is 1.98. The van der Waals surface area contributed by atoms with Crippen LogP contribution in [0, 0.1) is 0 Å². The lowest BCUT2D eigenvalue weighted by molar-refractivity contribution is 0.295. The zero-order chi connectivity index (χ0) is 20.1. The normalized spacial score (nSPS) is 16.8. The van der Waals surface area contributed by atoms with Gasteiger partial charge in [0.25, 0.3) is 0 Å². The van der Waals surface area contributed by atoms with Crippen molar-refractivity contribution in [1.82, 2.24) is 14.9 Å². The van der Waals surface area contributed by atoms with Gasteiger partial charge in [-0.05, 0) is 65.2 Å². The summed E-state index contributed by atoms with van der Waals surface area (Å²) in [7, 11) is 2.20. The molecule has 146 valence electrons. The van der Waals surface area contributed by atoms with Gasteiger partial charge >= 0.3 is 0 Å². The van der Waals surface area contributed by atoms with Crippen LogP contribution in [0.2, 0.25) is 0 Å². The molecule has 0 fully saturated rings. The summed E-state index contributed by atoms with van der Waals surface area (Å²) < 4.78 is 5.53. The maximum atomic E-state index is 5.53. The van der Waals surface area contributed by atoms with E-state index in [9.17, 15) is 0 Å². The van der Waals surface area contributed by atoms with Crippen molar-refractivity contribution in [3.05, 3.63) is 96.1 Å². The minimum atomic E-state index is 0.358. The monoisotopic (exact) mass is 391 g/mol. The Bertz CT molecular complexity index is 1390. The van der Waals surface area contributed by atoms with E-state index in [1.165, 1.54) is 27.8 Å². The Morgan fingerprint density at radius 1 is 0.933 bits per heavy atom. The Morgan fingerprint density at radius 2 is 1.83 bits per heavy atom. The Balaban J connectivity index is 1.43. The van der Waals surface area contributed by atoms with Crippen molar-refractivity contribution >= 4 is 21.9 Å². The summed E-state index contributed by atoms with van der Waals surface area (Å²) in [5, 5.41) is 2.23. The molecule has 4 heteroatoms. The standard InChI is InChI=1S/C26H21N3O/c1-29-14-22-10-17(18-2-3-21-13-27-16-28-25(21)12-18)4-6-23(22)24(15-29)19-5-7-26-20(11-19)8-9-30-26/h2-13,16,24H,14-15H2,1H3. The topological polar surface area (TPSA) is 42.2 Å². The largest absolute Gasteiger partial charge is 0.464 e. The van der Waals surface area contributed by atoms with E-state index in [2.05, 4.69) is 76.5 Å². The third kappa shape index (κ3) is 2.88. The van der Waals surface area contributed by atoms with Crippen molar-refractivity contribution in [2.24, 2.45) is 0 Å². The van der Waals surface area contributed by atoms with Crippen LogP contribution in [0.4, 0.5) is 0 Å². The van der Waals surface area contributed by atoms with Crippen LogP contribution in [0.25, 0.3) is 33.0 Å². The first-order valence-electron chi connectivity index (χ1n) is 10.2. The first-order chi connectivity index (χ1) is 14.7. The number of hydrogen-bond acceptors (Lipinski definition) is 4. The van der Waals surface area contributed by atoms with Crippen LogP contribution in [-0.2, 0) is 6.54 Å². The van der Waals surface area contributed by atoms with E-state index in [1.54, 1.807) is 12.6 Å². The number of benzene rings is 3. The van der Waals surface area contributed by atoms with Gasteiger partial charge in [0.05, 0.1) is 11.8 Å². The summed E-state index contributed by atoms with van der Waals surface area (Å²) in [5.41, 5.74) is 8.49. The average Bonchev–Trinajstić information content (AvgIpc) is 3.25. The zero-order valence-corrected chi connectivity index (χ0v) is 16.7. The van der Waals surface area contributed by atoms with Gasteiger partial charge in [-0.25, -0.2) is 9.97 Å². The summed E-state index contributed by atoms with van der Waals surface area (Å²) in [4.78, 5) is 10.9. The number of hydrogen-bond donors (Lipinski definition) is 0. The van der Waals surface area contributed by atoms with Gasteiger partial charge in [-0.2, -0.15) is 0 Å². The smallest absolute Gasteiger partial charge is 0.133 e. The lowest BCUT2D eigenvalue weighted by Gasteiger charge is -2.33. The van der Waals surface area contributed by atoms with Gasteiger partial charge in [0.15, 0.2) is 0 Å². The minimum Gasteiger partial charge on any atom is -0.464 e. The quantitative estimate of drug-likeness (QED) is 0.392. The van der Waals surface area contributed by atoms with Crippen LogP contribution in [0.1, 0.15) is 22.6 Å². The molecular formula is C26H21N3O. The summed E-state index contributed by atoms with van der Waals surface area (Å²) in [6.07, 6.45) is 5.22. The number of rotatable bonds is 2. The highest BCUT2D eigenvalue weighted by Gasteiger charge is 2.25. The molecule has 6 rings (SSSR count). The number of aromatic nitrogens is 2. The van der Waals surface area contributed by atoms with Crippen LogP contribution < -0.4 is 0 Å². The highest BCUT2D eigenvalue weighted by atomic mass is 16.3. The fourth-order valence-corrected chi connectivity index (χ4v) is 4.67. The van der Waals surface area contributed by atoms with E-state index >= 15 is 0 Å². The van der Waals surface area contributed by atoms with Crippen molar-refractivity contribution in [2.45, 2.75) is 12.5 Å². The Labute approximate surface area is 174 Å². The molecule has 1 atom stereocenters. The lowest BCUT2D eigenvalue weighted by atomic mass is 9.83. The molecule has 1 aliphatic heterocycles. The van der Waals surface area contributed by atoms with Gasteiger partial charge in [0.1, 0.15) is 11.9 Å². The van der Waals surface area contributed by atoms with Crippen LogP contribution in [0.5, 0.6) is 0 Å². The Morgan fingerprint density at radius 3 is 2.80 bits per heavy atom. The molecule has 1 unspecified atom stereocenters. The molecule has 0 saturated carbocycles. The van der Waals surface area contributed by atoms with Gasteiger partial charge < -0.3 is 9.32 Å². The third-order valence-electron chi connectivity index (χ3n) is 6.17. The molecule has 3 aromatic carbocycles. The summed E-state index contributed by atoms with van der Waals surface area (Å²) in [6, 6.07) is 21.9. The van der Waals surface area contributed by atoms with Crippen LogP contribution in [0.15, 0.2) is 83.9 Å². The molecular weight excluding hydrogens is 370 g/mol. The van der Waals surface area contributed by atoms with Gasteiger partial charge in [-0.1, -0.05) is 30.3 Å². The first-order valence-corrected chi connectivity index (χ1v) is 10.2. The highest BCUT2D eigenvalue weighted by Crippen LogP contribution is 2.36. The molecule has 0 bridgehead atoms. The van der Waals surface area contributed by atoms with E-state index in [-0.39, 0.29) is 0 Å². The molecule has 0 N–H and O–H groups in total. The van der Waals surface area contributed by atoms with Crippen molar-refractivity contribution in [3.8, 4) is 11.1 Å². The van der Waals surface area contributed by atoms with Crippen LogP contribution in [0.3, 0.4) is 0 Å². The summed E-state index contributed by atoms with van der Waals surface area (Å²) >= 11 is 0. The van der Waals surface area contributed by atoms with Crippen molar-refractivity contribution < 1.29 is 4.42 Å². The highest BCUT2D eigenvalue weighted by molar-refractivity contribution is 5.83. The Hall–Kier alpha value is -3.50. The molecule has 4 nitrogen and oxygen atoms in total. The van der Waals surface area contributed by atoms with E-state index in [4.69, 9.17) is 4.42 Å². The van der Waals surface area contributed by atoms with Crippen LogP contribution in [-0.4, -0.2) is 28.5 Å². The Kier molecular flexibility index (Phi) is 3.93. The van der Waals surface area contributed by atoms with Crippen LogP contribution >= 0.6 is 0 Å². The third-order valence-corrected chi connectivity index (χ3v) is 6.17. The van der Waals surface area contributed by atoms with Gasteiger partial charge in [0.2, 0.25) is 0 Å². The van der Waals surface area contributed by atoms with Crippen molar-refractivity contribution in [1.29, 1.82) is 0 Å². The average molecular weight is 391 g/mol. The maximum Gasteiger partial charge on any atom is 0.133 e. The molecule has 0 amide bonds. The molecule has 30 heavy (non-hydrogen) atoms. The molecule has 0 spiro atoms. The molecule has 0 radical (unpaired) electrons. The zero-order valence-electron chi connectivity index (χ0n) is 16.7. The predicted molar refractivity (Wildman–Crippen MR) is 119 cm³/mol. The molecule has 0 aliphatic carbocycles. The second-order valence-corrected chi connectivity index (χ2v) is 8.18. The lowest BCUT2D eigenvalue weighted by Crippen LogP contribution is -2.31. The van der Waals surface area contributed by atoms with E-state index < -0.39 is 0 Å². The number of fused-ring (bicyclic) bond motifs is 3. The van der Waals surface area contributed by atoms with Crippen molar-refractivity contribution in [2.75, 3.05) is 13.6 Å². The summed E-state index contributed by atoms with van der Waals surface area (Å²) in [5.74, 6) is 0.358. The molecule has 1 aliphatic rings. The second-order valence-electron chi connectivity index (χ2n) is 8.18. The molecule has 3 heterocycles. The van der Waals surface area contributed by atoms with E-state index in [0.29, 0.717) is 5.92 Å². The van der Waals surface area contributed by atoms with Gasteiger partial charge in [-0.15, -0.1) is 0 Å². The predicted octanol–water partition coefficient (Wildman–Crippen LogP) is 5.62. The maximum absolute atomic E-state index is 5.53. The number of likely N-dealkylation sites (N-methyl/N-ethyl adjacent to an activating group) is 1. The SMILES string of the molecule is CN1Cc2cc(-c3ccc4cncnc4c3)ccc2C(c2ccc3occc3c2)C1. The first kappa shape index (κ1) is 17.4. The fraction of sp³-hybridized carbons (Fsp3) is 0.154. The number of furan rings is 1. The fourth-order valence-electron chi connectivity index (χ4n) is 4.67. The van der Waals surface area contributed by atoms with E-state index in [0.717, 1.165) is 35.0 Å². The number of nitrogens with zero attached hydrogens (tertiary/aromatic N) is 3. The molecule has 5 aromatic rings.